The molecule has 0 aliphatic carbocycles. The number of carbonyl (C=O) groups is 1. The Balaban J connectivity index is 1.40. The molecule has 2 aliphatic heterocycles. The second kappa shape index (κ2) is 7.17. The van der Waals surface area contributed by atoms with Crippen LogP contribution in [-0.4, -0.2) is 70.6 Å². The number of piperazine rings is 1. The molecule has 2 atom stereocenters. The molecule has 1 aromatic carbocycles. The lowest BCUT2D eigenvalue weighted by Crippen LogP contribution is -2.62. The van der Waals surface area contributed by atoms with Gasteiger partial charge in [-0.2, -0.15) is 0 Å². The van der Waals surface area contributed by atoms with E-state index >= 15 is 0 Å². The molecule has 2 aromatic rings. The number of para-hydroxylation sites is 2. The molecule has 4 rings (SSSR count). The number of benzene rings is 1. The highest BCUT2D eigenvalue weighted by atomic mass is 16.5. The molecule has 7 nitrogen and oxygen atoms in total. The molecule has 0 saturated carbocycles. The van der Waals surface area contributed by atoms with Crippen LogP contribution in [0.1, 0.15) is 19.0 Å². The van der Waals surface area contributed by atoms with Gasteiger partial charge in [0.1, 0.15) is 5.69 Å². The Bertz CT molecular complexity index is 865. The smallest absolute Gasteiger partial charge is 0.270 e. The molecule has 0 radical (unpaired) electrons. The van der Waals surface area contributed by atoms with Gasteiger partial charge < -0.3 is 14.6 Å². The normalized spacial score (nSPS) is 23.8. The maximum Gasteiger partial charge on any atom is 0.270 e. The first-order valence-electron chi connectivity index (χ1n) is 9.21. The van der Waals surface area contributed by atoms with E-state index in [1.165, 1.54) is 0 Å². The summed E-state index contributed by atoms with van der Waals surface area (Å²) >= 11 is 0. The van der Waals surface area contributed by atoms with Crippen molar-refractivity contribution in [3.8, 4) is 0 Å². The van der Waals surface area contributed by atoms with E-state index in [9.17, 15) is 9.59 Å². The summed E-state index contributed by atoms with van der Waals surface area (Å²) in [6.07, 6.45) is 0.661. The molecule has 138 valence electrons. The van der Waals surface area contributed by atoms with Gasteiger partial charge in [0.15, 0.2) is 0 Å². The maximum atomic E-state index is 12.6. The topological polar surface area (TPSA) is 78.5 Å². The number of nitrogens with zero attached hydrogens (tertiary/aromatic N) is 3. The number of ether oxygens (including phenoxy) is 1. The maximum absolute atomic E-state index is 12.6. The minimum atomic E-state index is -0.212. The fraction of sp³-hybridized carbons (Fsp3) is 0.526. The summed E-state index contributed by atoms with van der Waals surface area (Å²) in [5.74, 6) is 0.0808. The van der Waals surface area contributed by atoms with Crippen molar-refractivity contribution in [2.75, 3.05) is 32.8 Å². The van der Waals surface area contributed by atoms with E-state index in [0.29, 0.717) is 37.7 Å². The Labute approximate surface area is 152 Å². The highest BCUT2D eigenvalue weighted by Crippen LogP contribution is 2.19. The number of aromatic nitrogens is 2. The van der Waals surface area contributed by atoms with Crippen molar-refractivity contribution in [2.45, 2.75) is 31.8 Å². The van der Waals surface area contributed by atoms with E-state index < -0.39 is 0 Å². The first-order valence-corrected chi connectivity index (χ1v) is 9.21. The number of nitrogens with one attached hydrogen (secondary N) is 1. The van der Waals surface area contributed by atoms with Crippen LogP contribution >= 0.6 is 0 Å². The van der Waals surface area contributed by atoms with Crippen molar-refractivity contribution in [2.24, 2.45) is 0 Å². The molecule has 1 aromatic heterocycles. The third kappa shape index (κ3) is 3.37. The molecule has 2 aliphatic rings. The third-order valence-electron chi connectivity index (χ3n) is 5.36. The number of aryl methyl sites for hydroxylation is 1. The average molecular weight is 356 g/mol. The molecule has 26 heavy (non-hydrogen) atoms. The van der Waals surface area contributed by atoms with Gasteiger partial charge in [-0.25, -0.2) is 4.98 Å². The van der Waals surface area contributed by atoms with E-state index in [0.717, 1.165) is 30.7 Å². The Morgan fingerprint density at radius 1 is 1.31 bits per heavy atom. The molecule has 2 fully saturated rings. The number of aromatic amines is 1. The zero-order valence-electron chi connectivity index (χ0n) is 15.0. The summed E-state index contributed by atoms with van der Waals surface area (Å²) in [5.41, 5.74) is 1.67. The lowest BCUT2D eigenvalue weighted by atomic mass is 10.1. The van der Waals surface area contributed by atoms with Crippen LogP contribution in [0.2, 0.25) is 0 Å². The largest absolute Gasteiger partial charge is 0.378 e. The van der Waals surface area contributed by atoms with Gasteiger partial charge in [0.25, 0.3) is 5.56 Å². The lowest BCUT2D eigenvalue weighted by Gasteiger charge is -2.47. The van der Waals surface area contributed by atoms with Gasteiger partial charge in [-0.05, 0) is 19.1 Å². The molecule has 3 heterocycles. The van der Waals surface area contributed by atoms with Crippen LogP contribution in [0.5, 0.6) is 0 Å². The highest BCUT2D eigenvalue weighted by Gasteiger charge is 2.34. The quantitative estimate of drug-likeness (QED) is 0.880. The summed E-state index contributed by atoms with van der Waals surface area (Å²) in [6, 6.07) is 8.12. The Hall–Kier alpha value is -2.25. The van der Waals surface area contributed by atoms with Crippen molar-refractivity contribution >= 4 is 16.9 Å². The van der Waals surface area contributed by atoms with E-state index in [4.69, 9.17) is 4.74 Å². The minimum absolute atomic E-state index is 0.0808. The summed E-state index contributed by atoms with van der Waals surface area (Å²) in [5, 5.41) is 0. The fourth-order valence-electron chi connectivity index (χ4n) is 3.92. The number of carbonyl (C=O) groups excluding carboxylic acids is 1. The van der Waals surface area contributed by atoms with Gasteiger partial charge >= 0.3 is 0 Å². The van der Waals surface area contributed by atoms with Crippen LogP contribution < -0.4 is 5.56 Å². The zero-order valence-corrected chi connectivity index (χ0v) is 15.0. The molecule has 0 bridgehead atoms. The zero-order chi connectivity index (χ0) is 18.1. The second-order valence-corrected chi connectivity index (χ2v) is 7.15. The van der Waals surface area contributed by atoms with E-state index in [-0.39, 0.29) is 17.5 Å². The number of H-pyrrole nitrogens is 1. The first kappa shape index (κ1) is 17.2. The standard InChI is InChI=1S/C19H24N4O3/c1-13-11-26-12-14-10-22(8-9-23(13)14)18(24)7-6-17-19(25)21-16-5-3-2-4-15(16)20-17/h2-5,13-14H,6-12H2,1H3,(H,21,25)/t13-,14+/m0/s1. The van der Waals surface area contributed by atoms with E-state index in [1.807, 2.05) is 29.2 Å². The van der Waals surface area contributed by atoms with E-state index in [1.54, 1.807) is 0 Å². The lowest BCUT2D eigenvalue weighted by molar-refractivity contribution is -0.139. The van der Waals surface area contributed by atoms with Gasteiger partial charge in [-0.15, -0.1) is 0 Å². The molecule has 1 N–H and O–H groups in total. The van der Waals surface area contributed by atoms with Gasteiger partial charge in [-0.1, -0.05) is 12.1 Å². The molecule has 2 saturated heterocycles. The molecule has 1 amide bonds. The summed E-state index contributed by atoms with van der Waals surface area (Å²) < 4.78 is 5.63. The number of hydrogen-bond donors (Lipinski definition) is 1. The van der Waals surface area contributed by atoms with Gasteiger partial charge in [-0.3, -0.25) is 14.5 Å². The van der Waals surface area contributed by atoms with Crippen molar-refractivity contribution in [1.29, 1.82) is 0 Å². The molecular formula is C19H24N4O3. The van der Waals surface area contributed by atoms with Crippen molar-refractivity contribution in [3.63, 3.8) is 0 Å². The SMILES string of the molecule is C[C@H]1COC[C@H]2CN(C(=O)CCc3nc4ccccc4[nH]c3=O)CCN21. The molecule has 0 unspecified atom stereocenters. The van der Waals surface area contributed by atoms with Crippen LogP contribution in [-0.2, 0) is 16.0 Å². The Morgan fingerprint density at radius 3 is 3.04 bits per heavy atom. The fourth-order valence-corrected chi connectivity index (χ4v) is 3.92. The minimum Gasteiger partial charge on any atom is -0.378 e. The number of fused-ring (bicyclic) bond motifs is 2. The Morgan fingerprint density at radius 2 is 2.15 bits per heavy atom. The second-order valence-electron chi connectivity index (χ2n) is 7.15. The summed E-state index contributed by atoms with van der Waals surface area (Å²) in [7, 11) is 0. The van der Waals surface area contributed by atoms with Crippen LogP contribution in [0.15, 0.2) is 29.1 Å². The van der Waals surface area contributed by atoms with Crippen molar-refractivity contribution < 1.29 is 9.53 Å². The predicted octanol–water partition coefficient (Wildman–Crippen LogP) is 0.787. The summed E-state index contributed by atoms with van der Waals surface area (Å²) in [4.78, 5) is 36.4. The van der Waals surface area contributed by atoms with Crippen LogP contribution in [0.4, 0.5) is 0 Å². The van der Waals surface area contributed by atoms with Gasteiger partial charge in [0.05, 0.1) is 30.3 Å². The number of rotatable bonds is 3. The third-order valence-corrected chi connectivity index (χ3v) is 5.36. The number of hydrogen-bond acceptors (Lipinski definition) is 5. The van der Waals surface area contributed by atoms with Crippen LogP contribution in [0.25, 0.3) is 11.0 Å². The first-order chi connectivity index (χ1) is 12.6. The predicted molar refractivity (Wildman–Crippen MR) is 98.0 cm³/mol. The van der Waals surface area contributed by atoms with Crippen LogP contribution in [0, 0.1) is 0 Å². The molecule has 7 heteroatoms. The van der Waals surface area contributed by atoms with Crippen molar-refractivity contribution in [3.05, 3.63) is 40.3 Å². The Kier molecular flexibility index (Phi) is 4.74. The number of amides is 1. The monoisotopic (exact) mass is 356 g/mol. The molecule has 0 spiro atoms. The summed E-state index contributed by atoms with van der Waals surface area (Å²) in [6.45, 7) is 5.93. The molecular weight excluding hydrogens is 332 g/mol. The average Bonchev–Trinajstić information content (AvgIpc) is 2.66. The van der Waals surface area contributed by atoms with Gasteiger partial charge in [0.2, 0.25) is 5.91 Å². The van der Waals surface area contributed by atoms with Crippen molar-refractivity contribution in [1.82, 2.24) is 19.8 Å². The van der Waals surface area contributed by atoms with E-state index in [2.05, 4.69) is 21.8 Å². The number of morpholine rings is 1. The van der Waals surface area contributed by atoms with Crippen LogP contribution in [0.3, 0.4) is 0 Å². The highest BCUT2D eigenvalue weighted by molar-refractivity contribution is 5.77. The van der Waals surface area contributed by atoms with Gasteiger partial charge in [0, 0.05) is 38.5 Å².